The third-order valence-electron chi connectivity index (χ3n) is 6.69. The van der Waals surface area contributed by atoms with Crippen LogP contribution in [0.3, 0.4) is 0 Å². The summed E-state index contributed by atoms with van der Waals surface area (Å²) in [4.78, 5) is 36.8. The first-order valence-corrected chi connectivity index (χ1v) is 12.2. The Hall–Kier alpha value is -5.65. The molecule has 0 aromatic heterocycles. The summed E-state index contributed by atoms with van der Waals surface area (Å²) in [6, 6.07) is 11.1. The molecule has 5 N–H and O–H groups in total. The smallest absolute Gasteiger partial charge is 0.371 e. The van der Waals surface area contributed by atoms with Crippen LogP contribution in [0.4, 0.5) is 0 Å². The molecular formula is C30H26O12. The number of ether oxygens (including phenoxy) is 4. The van der Waals surface area contributed by atoms with Gasteiger partial charge < -0.3 is 44.5 Å². The summed E-state index contributed by atoms with van der Waals surface area (Å²) in [5, 5.41) is 49.9. The van der Waals surface area contributed by atoms with E-state index in [4.69, 9.17) is 18.9 Å². The number of phenols is 2. The van der Waals surface area contributed by atoms with Crippen molar-refractivity contribution in [1.82, 2.24) is 0 Å². The SMILES string of the molecule is COc1cc(C=C(Oc2cc3c(cc2OC)C=C(C(=O)O)[C@H](C(=O)O)[C@@H]3c2ccc(O)c(OC)c2)C(=O)O)ccc1O. The number of aromatic hydroxyl groups is 2. The molecule has 0 radical (unpaired) electrons. The van der Waals surface area contributed by atoms with Crippen molar-refractivity contribution in [2.45, 2.75) is 5.92 Å². The van der Waals surface area contributed by atoms with Crippen LogP contribution >= 0.6 is 0 Å². The van der Waals surface area contributed by atoms with E-state index in [1.165, 1.54) is 82.0 Å². The molecule has 0 unspecified atom stereocenters. The number of aliphatic carboxylic acids is 3. The molecule has 0 saturated heterocycles. The maximum Gasteiger partial charge on any atom is 0.371 e. The van der Waals surface area contributed by atoms with Gasteiger partial charge in [0.05, 0.1) is 32.8 Å². The van der Waals surface area contributed by atoms with E-state index < -0.39 is 41.1 Å². The average Bonchev–Trinajstić information content (AvgIpc) is 2.96. The summed E-state index contributed by atoms with van der Waals surface area (Å²) in [5.41, 5.74) is 0.844. The molecular weight excluding hydrogens is 552 g/mol. The zero-order valence-corrected chi connectivity index (χ0v) is 22.5. The van der Waals surface area contributed by atoms with Gasteiger partial charge in [-0.1, -0.05) is 12.1 Å². The molecule has 42 heavy (non-hydrogen) atoms. The fourth-order valence-electron chi connectivity index (χ4n) is 4.76. The van der Waals surface area contributed by atoms with Crippen molar-refractivity contribution in [3.8, 4) is 34.5 Å². The van der Waals surface area contributed by atoms with Gasteiger partial charge in [0.2, 0.25) is 5.76 Å². The Bertz CT molecular complexity index is 1640. The third kappa shape index (κ3) is 5.63. The van der Waals surface area contributed by atoms with E-state index in [0.717, 1.165) is 0 Å². The van der Waals surface area contributed by atoms with Crippen molar-refractivity contribution in [3.05, 3.63) is 82.1 Å². The number of hydrogen-bond donors (Lipinski definition) is 5. The number of carboxylic acids is 3. The summed E-state index contributed by atoms with van der Waals surface area (Å²) >= 11 is 0. The van der Waals surface area contributed by atoms with Gasteiger partial charge in [-0.25, -0.2) is 9.59 Å². The second-order valence-electron chi connectivity index (χ2n) is 9.11. The van der Waals surface area contributed by atoms with Gasteiger partial charge in [0, 0.05) is 5.92 Å². The molecule has 218 valence electrons. The standard InChI is InChI=1S/C30H26O12/c1-39-21-8-14(4-6-19(21)31)9-25(29(35)36)42-24-13-17-16(12-23(24)41-3)10-18(28(33)34)27(30(37)38)26(17)15-5-7-20(32)22(11-15)40-2/h4-13,26-27,31-32H,1-3H3,(H,33,34)(H,35,36)(H,37,38)/t26-,27+/m1/s1. The molecule has 1 aliphatic rings. The highest BCUT2D eigenvalue weighted by atomic mass is 16.5. The molecule has 3 aromatic carbocycles. The lowest BCUT2D eigenvalue weighted by molar-refractivity contribution is -0.144. The molecule has 12 heteroatoms. The number of methoxy groups -OCH3 is 3. The van der Waals surface area contributed by atoms with Gasteiger partial charge in [0.25, 0.3) is 0 Å². The molecule has 12 nitrogen and oxygen atoms in total. The molecule has 0 fully saturated rings. The summed E-state index contributed by atoms with van der Waals surface area (Å²) < 4.78 is 21.4. The van der Waals surface area contributed by atoms with Crippen LogP contribution in [0.25, 0.3) is 12.2 Å². The van der Waals surface area contributed by atoms with Gasteiger partial charge in [-0.2, -0.15) is 0 Å². The Morgan fingerprint density at radius 2 is 1.38 bits per heavy atom. The number of fused-ring (bicyclic) bond motifs is 1. The maximum atomic E-state index is 12.5. The Labute approximate surface area is 238 Å². The lowest BCUT2D eigenvalue weighted by Gasteiger charge is -2.31. The molecule has 0 saturated carbocycles. The van der Waals surface area contributed by atoms with E-state index in [1.807, 2.05) is 0 Å². The van der Waals surface area contributed by atoms with Crippen molar-refractivity contribution in [2.75, 3.05) is 21.3 Å². The number of phenolic OH excluding ortho intramolecular Hbond substituents is 2. The molecule has 0 aliphatic heterocycles. The molecule has 0 bridgehead atoms. The van der Waals surface area contributed by atoms with Crippen molar-refractivity contribution in [1.29, 1.82) is 0 Å². The summed E-state index contributed by atoms with van der Waals surface area (Å²) in [5.74, 6) is -7.80. The number of hydrogen-bond acceptors (Lipinski definition) is 9. The van der Waals surface area contributed by atoms with Crippen molar-refractivity contribution in [2.24, 2.45) is 5.92 Å². The lowest BCUT2D eigenvalue weighted by atomic mass is 9.71. The molecule has 0 amide bonds. The van der Waals surface area contributed by atoms with Crippen LogP contribution in [0.5, 0.6) is 34.5 Å². The highest BCUT2D eigenvalue weighted by Gasteiger charge is 2.41. The van der Waals surface area contributed by atoms with Crippen LogP contribution in [0.15, 0.2) is 59.9 Å². The van der Waals surface area contributed by atoms with Gasteiger partial charge in [0.15, 0.2) is 34.5 Å². The Morgan fingerprint density at radius 3 is 1.95 bits per heavy atom. The molecule has 3 aromatic rings. The minimum Gasteiger partial charge on any atom is -0.504 e. The Morgan fingerprint density at radius 1 is 0.762 bits per heavy atom. The van der Waals surface area contributed by atoms with E-state index in [1.54, 1.807) is 0 Å². The molecule has 0 spiro atoms. The van der Waals surface area contributed by atoms with Crippen molar-refractivity contribution < 1.29 is 58.9 Å². The highest BCUT2D eigenvalue weighted by Crippen LogP contribution is 2.48. The number of carboxylic acid groups (broad SMARTS) is 3. The monoisotopic (exact) mass is 578 g/mol. The van der Waals surface area contributed by atoms with Crippen molar-refractivity contribution >= 4 is 30.1 Å². The first-order valence-electron chi connectivity index (χ1n) is 12.2. The van der Waals surface area contributed by atoms with Crippen molar-refractivity contribution in [3.63, 3.8) is 0 Å². The molecule has 2 atom stereocenters. The van der Waals surface area contributed by atoms with Gasteiger partial charge in [-0.3, -0.25) is 4.79 Å². The van der Waals surface area contributed by atoms with Crippen LogP contribution in [0.1, 0.15) is 28.2 Å². The number of benzene rings is 3. The molecule has 0 heterocycles. The molecule has 4 rings (SSSR count). The summed E-state index contributed by atoms with van der Waals surface area (Å²) in [7, 11) is 3.95. The van der Waals surface area contributed by atoms with E-state index in [9.17, 15) is 39.9 Å². The predicted molar refractivity (Wildman–Crippen MR) is 147 cm³/mol. The fourth-order valence-corrected chi connectivity index (χ4v) is 4.76. The lowest BCUT2D eigenvalue weighted by Crippen LogP contribution is -2.31. The van der Waals surface area contributed by atoms with Crippen LogP contribution in [0.2, 0.25) is 0 Å². The van der Waals surface area contributed by atoms with Gasteiger partial charge in [-0.15, -0.1) is 0 Å². The topological polar surface area (TPSA) is 189 Å². The largest absolute Gasteiger partial charge is 0.504 e. The van der Waals surface area contributed by atoms with Crippen LogP contribution < -0.4 is 18.9 Å². The molecule has 1 aliphatic carbocycles. The highest BCUT2D eigenvalue weighted by molar-refractivity contribution is 6.01. The Kier molecular flexibility index (Phi) is 8.27. The van der Waals surface area contributed by atoms with Gasteiger partial charge in [0.1, 0.15) is 0 Å². The zero-order chi connectivity index (χ0) is 30.7. The normalized spacial score (nSPS) is 16.1. The van der Waals surface area contributed by atoms with Crippen LogP contribution in [-0.4, -0.2) is 64.8 Å². The first-order chi connectivity index (χ1) is 20.0. The number of carbonyl (C=O) groups is 3. The zero-order valence-electron chi connectivity index (χ0n) is 22.5. The quantitative estimate of drug-likeness (QED) is 0.172. The van der Waals surface area contributed by atoms with Gasteiger partial charge in [-0.05, 0) is 70.8 Å². The summed E-state index contributed by atoms with van der Waals surface area (Å²) in [6.45, 7) is 0. The van der Waals surface area contributed by atoms with E-state index in [-0.39, 0.29) is 34.5 Å². The van der Waals surface area contributed by atoms with Crippen LogP contribution in [0, 0.1) is 5.92 Å². The second-order valence-corrected chi connectivity index (χ2v) is 9.11. The third-order valence-corrected chi connectivity index (χ3v) is 6.69. The van der Waals surface area contributed by atoms with E-state index >= 15 is 0 Å². The van der Waals surface area contributed by atoms with Gasteiger partial charge >= 0.3 is 17.9 Å². The first kappa shape index (κ1) is 29.3. The minimum atomic E-state index is -1.57. The fraction of sp³-hybridized carbons (Fsp3) is 0.167. The van der Waals surface area contributed by atoms with E-state index in [0.29, 0.717) is 22.3 Å². The minimum absolute atomic E-state index is 0.0371. The average molecular weight is 579 g/mol. The number of rotatable bonds is 10. The predicted octanol–water partition coefficient (Wildman–Crippen LogP) is 3.94. The van der Waals surface area contributed by atoms with Crippen LogP contribution in [-0.2, 0) is 14.4 Å². The maximum absolute atomic E-state index is 12.5. The summed E-state index contributed by atoms with van der Waals surface area (Å²) in [6.07, 6.45) is 2.40. The van der Waals surface area contributed by atoms with E-state index in [2.05, 4.69) is 0 Å². The second kappa shape index (κ2) is 11.8. The Balaban J connectivity index is 1.92.